The largest absolute Gasteiger partial charge is 0.444 e. The molecule has 8 heteroatoms. The molecule has 0 aromatic carbocycles. The molecule has 25 heavy (non-hydrogen) atoms. The molecule has 0 amide bonds. The Kier molecular flexibility index (Phi) is 5.70. The minimum Gasteiger partial charge on any atom is -0.444 e. The molecule has 1 aliphatic rings. The zero-order valence-electron chi connectivity index (χ0n) is 14.3. The van der Waals surface area contributed by atoms with Crippen molar-refractivity contribution in [2.45, 2.75) is 38.6 Å². The van der Waals surface area contributed by atoms with Crippen LogP contribution in [-0.2, 0) is 10.0 Å². The molecule has 0 spiro atoms. The summed E-state index contributed by atoms with van der Waals surface area (Å²) in [5.41, 5.74) is 0.850. The molecule has 136 valence electrons. The SMILES string of the molecule is CCS(=O)(=O)NCC1CCC(Nc2ccc(-c3ncco3)cn2)CC1. The van der Waals surface area contributed by atoms with Gasteiger partial charge < -0.3 is 9.73 Å². The fourth-order valence-electron chi connectivity index (χ4n) is 3.04. The molecule has 1 fully saturated rings. The van der Waals surface area contributed by atoms with Crippen LogP contribution in [0, 0.1) is 5.92 Å². The van der Waals surface area contributed by atoms with E-state index in [1.807, 2.05) is 12.1 Å². The van der Waals surface area contributed by atoms with Crippen LogP contribution in [0.25, 0.3) is 11.5 Å². The van der Waals surface area contributed by atoms with Gasteiger partial charge in [-0.25, -0.2) is 23.1 Å². The smallest absolute Gasteiger partial charge is 0.227 e. The van der Waals surface area contributed by atoms with E-state index in [-0.39, 0.29) is 5.75 Å². The van der Waals surface area contributed by atoms with Crippen molar-refractivity contribution in [3.05, 3.63) is 30.8 Å². The minimum absolute atomic E-state index is 0.138. The van der Waals surface area contributed by atoms with Gasteiger partial charge in [-0.05, 0) is 50.7 Å². The number of nitrogens with one attached hydrogen (secondary N) is 2. The molecule has 2 N–H and O–H groups in total. The van der Waals surface area contributed by atoms with E-state index in [9.17, 15) is 8.42 Å². The van der Waals surface area contributed by atoms with Crippen LogP contribution in [0.4, 0.5) is 5.82 Å². The van der Waals surface area contributed by atoms with Crippen LogP contribution in [-0.4, -0.2) is 36.7 Å². The number of anilines is 1. The van der Waals surface area contributed by atoms with Gasteiger partial charge in [-0.1, -0.05) is 0 Å². The molecule has 2 heterocycles. The molecule has 0 saturated heterocycles. The van der Waals surface area contributed by atoms with Gasteiger partial charge in [-0.15, -0.1) is 0 Å². The molecule has 0 radical (unpaired) electrons. The predicted octanol–water partition coefficient (Wildman–Crippen LogP) is 2.65. The van der Waals surface area contributed by atoms with Gasteiger partial charge >= 0.3 is 0 Å². The second-order valence-electron chi connectivity index (χ2n) is 6.38. The fourth-order valence-corrected chi connectivity index (χ4v) is 3.73. The van der Waals surface area contributed by atoms with Gasteiger partial charge in [-0.2, -0.15) is 0 Å². The van der Waals surface area contributed by atoms with Crippen LogP contribution >= 0.6 is 0 Å². The number of nitrogens with zero attached hydrogens (tertiary/aromatic N) is 2. The lowest BCUT2D eigenvalue weighted by Crippen LogP contribution is -2.34. The highest BCUT2D eigenvalue weighted by Gasteiger charge is 2.22. The van der Waals surface area contributed by atoms with Gasteiger partial charge in [0.15, 0.2) is 0 Å². The lowest BCUT2D eigenvalue weighted by atomic mass is 9.86. The number of oxazole rings is 1. The summed E-state index contributed by atoms with van der Waals surface area (Å²) in [7, 11) is -3.09. The molecule has 1 saturated carbocycles. The number of sulfonamides is 1. The molecule has 0 unspecified atom stereocenters. The first-order chi connectivity index (χ1) is 12.1. The van der Waals surface area contributed by atoms with Crippen molar-refractivity contribution < 1.29 is 12.8 Å². The van der Waals surface area contributed by atoms with Crippen LogP contribution in [0.1, 0.15) is 32.6 Å². The fraction of sp³-hybridized carbons (Fsp3) is 0.529. The molecule has 2 aromatic rings. The molecule has 7 nitrogen and oxygen atoms in total. The first-order valence-corrected chi connectivity index (χ1v) is 10.3. The Morgan fingerprint density at radius 2 is 2.00 bits per heavy atom. The van der Waals surface area contributed by atoms with Gasteiger partial charge in [-0.3, -0.25) is 0 Å². The Hall–Kier alpha value is -1.93. The molecule has 1 aliphatic carbocycles. The summed E-state index contributed by atoms with van der Waals surface area (Å²) in [5.74, 6) is 1.96. The van der Waals surface area contributed by atoms with Gasteiger partial charge in [0, 0.05) is 18.8 Å². The Balaban J connectivity index is 1.46. The Morgan fingerprint density at radius 1 is 1.20 bits per heavy atom. The number of pyridine rings is 1. The minimum atomic E-state index is -3.09. The zero-order valence-corrected chi connectivity index (χ0v) is 15.1. The summed E-state index contributed by atoms with van der Waals surface area (Å²) in [6.45, 7) is 2.20. The summed E-state index contributed by atoms with van der Waals surface area (Å²) in [6.07, 6.45) is 8.96. The first-order valence-electron chi connectivity index (χ1n) is 8.65. The van der Waals surface area contributed by atoms with Crippen molar-refractivity contribution in [1.29, 1.82) is 0 Å². The maximum atomic E-state index is 11.5. The van der Waals surface area contributed by atoms with Crippen LogP contribution in [0.5, 0.6) is 0 Å². The monoisotopic (exact) mass is 364 g/mol. The average molecular weight is 364 g/mol. The third kappa shape index (κ3) is 5.02. The number of hydrogen-bond donors (Lipinski definition) is 2. The van der Waals surface area contributed by atoms with E-state index >= 15 is 0 Å². The van der Waals surface area contributed by atoms with E-state index in [2.05, 4.69) is 20.0 Å². The number of hydrogen-bond acceptors (Lipinski definition) is 6. The topological polar surface area (TPSA) is 97.1 Å². The molecular formula is C17H24N4O3S. The normalized spacial score (nSPS) is 21.2. The number of rotatable bonds is 7. The highest BCUT2D eigenvalue weighted by atomic mass is 32.2. The highest BCUT2D eigenvalue weighted by molar-refractivity contribution is 7.89. The Morgan fingerprint density at radius 3 is 2.60 bits per heavy atom. The van der Waals surface area contributed by atoms with Crippen molar-refractivity contribution >= 4 is 15.8 Å². The van der Waals surface area contributed by atoms with Crippen molar-refractivity contribution in [2.24, 2.45) is 5.92 Å². The van der Waals surface area contributed by atoms with E-state index < -0.39 is 10.0 Å². The van der Waals surface area contributed by atoms with Gasteiger partial charge in [0.2, 0.25) is 15.9 Å². The van der Waals surface area contributed by atoms with Crippen LogP contribution in [0.15, 0.2) is 35.2 Å². The summed E-state index contributed by atoms with van der Waals surface area (Å²) < 4.78 is 31.0. The van der Waals surface area contributed by atoms with E-state index in [0.717, 1.165) is 37.1 Å². The summed E-state index contributed by atoms with van der Waals surface area (Å²) in [6, 6.07) is 4.24. The molecule has 2 aromatic heterocycles. The number of aromatic nitrogens is 2. The second-order valence-corrected chi connectivity index (χ2v) is 8.48. The Bertz CT molecular complexity index is 752. The van der Waals surface area contributed by atoms with E-state index in [0.29, 0.717) is 24.4 Å². The van der Waals surface area contributed by atoms with Crippen molar-refractivity contribution in [3.8, 4) is 11.5 Å². The average Bonchev–Trinajstić information content (AvgIpc) is 3.17. The highest BCUT2D eigenvalue weighted by Crippen LogP contribution is 2.26. The molecule has 3 rings (SSSR count). The molecule has 0 aliphatic heterocycles. The lowest BCUT2D eigenvalue weighted by Gasteiger charge is -2.29. The summed E-state index contributed by atoms with van der Waals surface area (Å²) in [5, 5.41) is 3.46. The van der Waals surface area contributed by atoms with E-state index in [4.69, 9.17) is 4.42 Å². The van der Waals surface area contributed by atoms with Crippen LogP contribution in [0.3, 0.4) is 0 Å². The van der Waals surface area contributed by atoms with Crippen molar-refractivity contribution in [3.63, 3.8) is 0 Å². The van der Waals surface area contributed by atoms with Crippen LogP contribution in [0.2, 0.25) is 0 Å². The molecule has 0 bridgehead atoms. The van der Waals surface area contributed by atoms with Crippen LogP contribution < -0.4 is 10.0 Å². The third-order valence-electron chi connectivity index (χ3n) is 4.61. The maximum absolute atomic E-state index is 11.5. The van der Waals surface area contributed by atoms with Gasteiger partial charge in [0.05, 0.1) is 17.5 Å². The van der Waals surface area contributed by atoms with Gasteiger partial charge in [0.25, 0.3) is 0 Å². The first kappa shape index (κ1) is 17.9. The van der Waals surface area contributed by atoms with E-state index in [1.54, 1.807) is 25.6 Å². The standard InChI is InChI=1S/C17H24N4O3S/c1-2-25(22,23)20-11-13-3-6-15(7-4-13)21-16-8-5-14(12-19-16)17-18-9-10-24-17/h5,8-10,12-13,15,20H,2-4,6-7,11H2,1H3,(H,19,21). The third-order valence-corrected chi connectivity index (χ3v) is 5.98. The van der Waals surface area contributed by atoms with Crippen molar-refractivity contribution in [1.82, 2.24) is 14.7 Å². The maximum Gasteiger partial charge on any atom is 0.227 e. The Labute approximate surface area is 148 Å². The predicted molar refractivity (Wildman–Crippen MR) is 96.6 cm³/mol. The van der Waals surface area contributed by atoms with Gasteiger partial charge in [0.1, 0.15) is 12.1 Å². The quantitative estimate of drug-likeness (QED) is 0.784. The molecular weight excluding hydrogens is 340 g/mol. The molecule has 0 atom stereocenters. The summed E-state index contributed by atoms with van der Waals surface area (Å²) in [4.78, 5) is 8.53. The zero-order chi connectivity index (χ0) is 17.7. The van der Waals surface area contributed by atoms with E-state index in [1.165, 1.54) is 0 Å². The second kappa shape index (κ2) is 7.97. The van der Waals surface area contributed by atoms with Crippen molar-refractivity contribution in [2.75, 3.05) is 17.6 Å². The summed E-state index contributed by atoms with van der Waals surface area (Å²) >= 11 is 0. The lowest BCUT2D eigenvalue weighted by molar-refractivity contribution is 0.337.